The Bertz CT molecular complexity index is 1330. The van der Waals surface area contributed by atoms with Gasteiger partial charge in [0.15, 0.2) is 10.4 Å². The van der Waals surface area contributed by atoms with Crippen LogP contribution in [0.5, 0.6) is 11.5 Å². The first-order valence-corrected chi connectivity index (χ1v) is 10.7. The maximum Gasteiger partial charge on any atom is 0.279 e. The predicted octanol–water partition coefficient (Wildman–Crippen LogP) is 3.94. The molecule has 166 valence electrons. The molecule has 4 rings (SSSR count). The number of amides is 2. The summed E-state index contributed by atoms with van der Waals surface area (Å²) in [7, 11) is 3.13. The van der Waals surface area contributed by atoms with Gasteiger partial charge in [-0.3, -0.25) is 9.59 Å². The normalized spacial score (nSPS) is 11.2. The lowest BCUT2D eigenvalue weighted by Crippen LogP contribution is -2.20. The highest BCUT2D eigenvalue weighted by Gasteiger charge is 2.18. The molecule has 9 heteroatoms. The summed E-state index contributed by atoms with van der Waals surface area (Å²) in [5.74, 6) is 0.366. The first kappa shape index (κ1) is 22.0. The van der Waals surface area contributed by atoms with Crippen molar-refractivity contribution in [2.24, 2.45) is 4.99 Å². The smallest absolute Gasteiger partial charge is 0.279 e. The van der Waals surface area contributed by atoms with Gasteiger partial charge in [0.05, 0.1) is 19.9 Å². The van der Waals surface area contributed by atoms with Crippen LogP contribution in [0.25, 0.3) is 5.69 Å². The van der Waals surface area contributed by atoms with Gasteiger partial charge in [0.1, 0.15) is 11.5 Å². The number of hydrogen-bond donors (Lipinski definition) is 1. The molecule has 33 heavy (non-hydrogen) atoms. The van der Waals surface area contributed by atoms with Crippen LogP contribution in [0.1, 0.15) is 20.8 Å². The fourth-order valence-electron chi connectivity index (χ4n) is 2.92. The molecule has 1 heterocycles. The first-order chi connectivity index (χ1) is 16.1. The van der Waals surface area contributed by atoms with E-state index in [0.717, 1.165) is 11.5 Å². The molecule has 0 radical (unpaired) electrons. The lowest BCUT2D eigenvalue weighted by atomic mass is 10.2. The van der Waals surface area contributed by atoms with Crippen molar-refractivity contribution in [2.45, 2.75) is 0 Å². The summed E-state index contributed by atoms with van der Waals surface area (Å²) in [5, 5.41) is 7.22. The number of carbonyl (C=O) groups excluding carboxylic acids is 2. The lowest BCUT2D eigenvalue weighted by molar-refractivity contribution is 0.0999. The molecule has 0 unspecified atom stereocenters. The van der Waals surface area contributed by atoms with Crippen molar-refractivity contribution in [2.75, 3.05) is 19.5 Å². The highest BCUT2D eigenvalue weighted by molar-refractivity contribution is 7.04. The zero-order chi connectivity index (χ0) is 23.2. The van der Waals surface area contributed by atoms with Gasteiger partial charge in [-0.2, -0.15) is 9.06 Å². The molecule has 3 aromatic carbocycles. The predicted molar refractivity (Wildman–Crippen MR) is 125 cm³/mol. The summed E-state index contributed by atoms with van der Waals surface area (Å²) in [6.07, 6.45) is 0. The van der Waals surface area contributed by atoms with E-state index in [0.29, 0.717) is 28.4 Å². The molecule has 1 aromatic heterocycles. The zero-order valence-electron chi connectivity index (χ0n) is 17.9. The lowest BCUT2D eigenvalue weighted by Gasteiger charge is -2.03. The van der Waals surface area contributed by atoms with Crippen molar-refractivity contribution in [1.29, 1.82) is 0 Å². The molecule has 0 aliphatic heterocycles. The van der Waals surface area contributed by atoms with Crippen LogP contribution in [-0.2, 0) is 0 Å². The second kappa shape index (κ2) is 9.92. The van der Waals surface area contributed by atoms with E-state index in [1.165, 1.54) is 0 Å². The van der Waals surface area contributed by atoms with Crippen molar-refractivity contribution in [3.8, 4) is 17.2 Å². The second-order valence-electron chi connectivity index (χ2n) is 6.78. The number of hydrogen-bond acceptors (Lipinski definition) is 6. The summed E-state index contributed by atoms with van der Waals surface area (Å²) in [5.41, 5.74) is 1.72. The highest BCUT2D eigenvalue weighted by atomic mass is 32.1. The topological polar surface area (TPSA) is 94.8 Å². The third kappa shape index (κ3) is 5.16. The van der Waals surface area contributed by atoms with Crippen molar-refractivity contribution in [3.63, 3.8) is 0 Å². The summed E-state index contributed by atoms with van der Waals surface area (Å²) in [4.78, 5) is 30.0. The minimum absolute atomic E-state index is 0.0431. The number of benzene rings is 3. The number of rotatable bonds is 6. The maximum absolute atomic E-state index is 13.0. The van der Waals surface area contributed by atoms with Crippen molar-refractivity contribution >= 4 is 29.0 Å². The van der Waals surface area contributed by atoms with Crippen LogP contribution < -0.4 is 19.5 Å². The SMILES string of the molecule is COc1ccc(C(=O)N=c2sn(-c3ccc(OC)cc3)nc2C(=O)Nc2ccccc2)cc1. The van der Waals surface area contributed by atoms with Crippen LogP contribution in [0.3, 0.4) is 0 Å². The maximum atomic E-state index is 13.0. The summed E-state index contributed by atoms with van der Waals surface area (Å²) < 4.78 is 12.1. The van der Waals surface area contributed by atoms with Gasteiger partial charge >= 0.3 is 0 Å². The van der Waals surface area contributed by atoms with E-state index in [1.807, 2.05) is 18.2 Å². The average Bonchev–Trinajstić information content (AvgIpc) is 3.28. The van der Waals surface area contributed by atoms with Crippen LogP contribution in [0, 0.1) is 0 Å². The van der Waals surface area contributed by atoms with Gasteiger partial charge in [-0.15, -0.1) is 5.10 Å². The van der Waals surface area contributed by atoms with Crippen molar-refractivity contribution < 1.29 is 19.1 Å². The molecule has 0 aliphatic carbocycles. The molecular formula is C24H20N4O4S. The minimum Gasteiger partial charge on any atom is -0.497 e. The standard InChI is InChI=1S/C24H20N4O4S/c1-31-19-12-8-16(9-13-19)22(29)26-24-21(23(30)25-17-6-4-3-5-7-17)27-28(33-24)18-10-14-20(32-2)15-11-18/h3-15H,1-2H3,(H,25,30). The Morgan fingerprint density at radius 3 is 2.09 bits per heavy atom. The van der Waals surface area contributed by atoms with Crippen LogP contribution in [0.15, 0.2) is 83.9 Å². The molecule has 0 fully saturated rings. The number of nitrogens with zero attached hydrogens (tertiary/aromatic N) is 3. The van der Waals surface area contributed by atoms with Crippen LogP contribution in [-0.4, -0.2) is 35.2 Å². The number of para-hydroxylation sites is 1. The van der Waals surface area contributed by atoms with E-state index in [9.17, 15) is 9.59 Å². The fraction of sp³-hybridized carbons (Fsp3) is 0.0833. The summed E-state index contributed by atoms with van der Waals surface area (Å²) >= 11 is 1.09. The zero-order valence-corrected chi connectivity index (χ0v) is 18.7. The van der Waals surface area contributed by atoms with Crippen LogP contribution in [0.2, 0.25) is 0 Å². The fourth-order valence-corrected chi connectivity index (χ4v) is 3.77. The summed E-state index contributed by atoms with van der Waals surface area (Å²) in [6.45, 7) is 0. The molecule has 2 amide bonds. The van der Waals surface area contributed by atoms with E-state index in [4.69, 9.17) is 9.47 Å². The molecular weight excluding hydrogens is 440 g/mol. The van der Waals surface area contributed by atoms with Gasteiger partial charge < -0.3 is 14.8 Å². The van der Waals surface area contributed by atoms with Gasteiger partial charge in [-0.25, -0.2) is 0 Å². The average molecular weight is 461 g/mol. The number of ether oxygens (including phenoxy) is 2. The quantitative estimate of drug-likeness (QED) is 0.470. The van der Waals surface area contributed by atoms with Gasteiger partial charge in [0.25, 0.3) is 11.8 Å². The Morgan fingerprint density at radius 1 is 0.879 bits per heavy atom. The Hall–Kier alpha value is -4.24. The van der Waals surface area contributed by atoms with Gasteiger partial charge in [0.2, 0.25) is 0 Å². The van der Waals surface area contributed by atoms with E-state index in [2.05, 4.69) is 15.4 Å². The van der Waals surface area contributed by atoms with E-state index >= 15 is 0 Å². The molecule has 0 bridgehead atoms. The number of nitrogens with one attached hydrogen (secondary N) is 1. The Kier molecular flexibility index (Phi) is 6.61. The number of methoxy groups -OCH3 is 2. The molecule has 0 aliphatic rings. The van der Waals surface area contributed by atoms with Crippen molar-refractivity contribution in [3.05, 3.63) is 94.8 Å². The Morgan fingerprint density at radius 2 is 1.48 bits per heavy atom. The number of carbonyl (C=O) groups is 2. The van der Waals surface area contributed by atoms with Gasteiger partial charge in [-0.05, 0) is 72.2 Å². The number of anilines is 1. The third-order valence-electron chi connectivity index (χ3n) is 4.65. The van der Waals surface area contributed by atoms with Crippen LogP contribution >= 0.6 is 11.5 Å². The van der Waals surface area contributed by atoms with E-state index in [1.54, 1.807) is 79.0 Å². The minimum atomic E-state index is -0.489. The molecule has 0 atom stereocenters. The molecule has 4 aromatic rings. The molecule has 1 N–H and O–H groups in total. The van der Waals surface area contributed by atoms with Gasteiger partial charge in [-0.1, -0.05) is 18.2 Å². The van der Waals surface area contributed by atoms with E-state index in [-0.39, 0.29) is 10.4 Å². The third-order valence-corrected chi connectivity index (χ3v) is 5.57. The Labute approximate surface area is 193 Å². The van der Waals surface area contributed by atoms with Gasteiger partial charge in [0, 0.05) is 11.3 Å². The molecule has 0 saturated carbocycles. The number of aromatic nitrogens is 2. The molecule has 0 spiro atoms. The Balaban J connectivity index is 1.73. The first-order valence-electron chi connectivity index (χ1n) is 9.92. The monoisotopic (exact) mass is 460 g/mol. The summed E-state index contributed by atoms with van der Waals surface area (Å²) in [6, 6.07) is 22.8. The van der Waals surface area contributed by atoms with Crippen molar-refractivity contribution in [1.82, 2.24) is 9.17 Å². The molecule has 8 nitrogen and oxygen atoms in total. The van der Waals surface area contributed by atoms with Crippen LogP contribution in [0.4, 0.5) is 5.69 Å². The second-order valence-corrected chi connectivity index (χ2v) is 7.70. The highest BCUT2D eigenvalue weighted by Crippen LogP contribution is 2.16. The largest absolute Gasteiger partial charge is 0.497 e. The van der Waals surface area contributed by atoms with E-state index < -0.39 is 11.8 Å². The molecule has 0 saturated heterocycles.